The Balaban J connectivity index is 1.50. The maximum Gasteiger partial charge on any atom is 0.418 e. The lowest BCUT2D eigenvalue weighted by molar-refractivity contribution is -0.136. The van der Waals surface area contributed by atoms with Crippen molar-refractivity contribution in [3.63, 3.8) is 0 Å². The summed E-state index contributed by atoms with van der Waals surface area (Å²) in [7, 11) is 2.11. The first-order valence-electron chi connectivity index (χ1n) is 11.4. The number of likely N-dealkylation sites (N-methyl/N-ethyl adjacent to an activating group) is 1. The highest BCUT2D eigenvalue weighted by Gasteiger charge is 2.35. The molecule has 0 radical (unpaired) electrons. The monoisotopic (exact) mass is 448 g/mol. The maximum absolute atomic E-state index is 13.5. The number of piperidine rings is 1. The number of carbonyl (C=O) groups excluding carboxylic acids is 1. The van der Waals surface area contributed by atoms with E-state index in [2.05, 4.69) is 28.8 Å². The van der Waals surface area contributed by atoms with E-state index >= 15 is 0 Å². The van der Waals surface area contributed by atoms with Gasteiger partial charge >= 0.3 is 6.18 Å². The number of alkyl halides is 3. The molecule has 2 aliphatic heterocycles. The van der Waals surface area contributed by atoms with E-state index in [1.54, 1.807) is 18.2 Å². The Morgan fingerprint density at radius 1 is 1.12 bits per heavy atom. The topological polar surface area (TPSA) is 39.7 Å². The third-order valence-corrected chi connectivity index (χ3v) is 6.80. The smallest absolute Gasteiger partial charge is 0.342 e. The van der Waals surface area contributed by atoms with Crippen LogP contribution in [0.5, 0.6) is 0 Å². The fraction of sp³-hybridized carbons (Fsp3) is 0.583. The van der Waals surface area contributed by atoms with Crippen LogP contribution in [0.2, 0.25) is 0 Å². The number of benzene rings is 1. The molecule has 0 bridgehead atoms. The van der Waals surface area contributed by atoms with Crippen LogP contribution in [0, 0.1) is 5.92 Å². The lowest BCUT2D eigenvalue weighted by Crippen LogP contribution is -2.47. The van der Waals surface area contributed by atoms with Gasteiger partial charge in [-0.2, -0.15) is 13.2 Å². The Kier molecular flexibility index (Phi) is 6.72. The van der Waals surface area contributed by atoms with Gasteiger partial charge in [0.05, 0.1) is 11.1 Å². The van der Waals surface area contributed by atoms with Gasteiger partial charge < -0.3 is 14.7 Å². The molecule has 0 spiro atoms. The van der Waals surface area contributed by atoms with Crippen LogP contribution in [0.25, 0.3) is 10.9 Å². The molecule has 174 valence electrons. The summed E-state index contributed by atoms with van der Waals surface area (Å²) in [6, 6.07) is 6.12. The second kappa shape index (κ2) is 9.35. The number of likely N-dealkylation sites (tertiary alicyclic amines) is 1. The molecular formula is C24H31F3N4O. The fourth-order valence-electron chi connectivity index (χ4n) is 5.04. The summed E-state index contributed by atoms with van der Waals surface area (Å²) < 4.78 is 40.4. The van der Waals surface area contributed by atoms with E-state index < -0.39 is 11.7 Å². The zero-order valence-electron chi connectivity index (χ0n) is 18.7. The van der Waals surface area contributed by atoms with Gasteiger partial charge in [-0.3, -0.25) is 9.78 Å². The summed E-state index contributed by atoms with van der Waals surface area (Å²) in [5.74, 6) is 0.422. The SMILES string of the molecule is CC1C[C@H](c2ccc(C(F)(F)F)c3ncccc23)CN(C(=O)CCN2CCN(C)CC2)C1. The summed E-state index contributed by atoms with van der Waals surface area (Å²) in [6.45, 7) is 8.11. The van der Waals surface area contributed by atoms with Crippen molar-refractivity contribution in [1.29, 1.82) is 0 Å². The molecule has 2 aromatic rings. The number of halogens is 3. The van der Waals surface area contributed by atoms with Crippen LogP contribution in [0.4, 0.5) is 13.2 Å². The average molecular weight is 449 g/mol. The summed E-state index contributed by atoms with van der Waals surface area (Å²) in [5, 5.41) is 0.534. The molecule has 8 heteroatoms. The second-order valence-corrected chi connectivity index (χ2v) is 9.33. The van der Waals surface area contributed by atoms with Crippen LogP contribution < -0.4 is 0 Å². The van der Waals surface area contributed by atoms with Gasteiger partial charge in [0.25, 0.3) is 0 Å². The van der Waals surface area contributed by atoms with Gasteiger partial charge in [0, 0.05) is 69.7 Å². The number of rotatable bonds is 4. The quantitative estimate of drug-likeness (QED) is 0.713. The zero-order valence-corrected chi connectivity index (χ0v) is 18.7. The van der Waals surface area contributed by atoms with E-state index in [1.165, 1.54) is 6.20 Å². The number of hydrogen-bond donors (Lipinski definition) is 0. The number of carbonyl (C=O) groups is 1. The molecule has 3 heterocycles. The second-order valence-electron chi connectivity index (χ2n) is 9.33. The molecule has 0 aliphatic carbocycles. The van der Waals surface area contributed by atoms with Crippen molar-refractivity contribution in [1.82, 2.24) is 19.7 Å². The number of hydrogen-bond acceptors (Lipinski definition) is 4. The predicted octanol–water partition coefficient (Wildman–Crippen LogP) is 3.84. The van der Waals surface area contributed by atoms with E-state index in [0.717, 1.165) is 50.8 Å². The van der Waals surface area contributed by atoms with Crippen LogP contribution in [0.1, 0.15) is 36.8 Å². The molecular weight excluding hydrogens is 417 g/mol. The summed E-state index contributed by atoms with van der Waals surface area (Å²) in [5.41, 5.74) is 0.133. The third kappa shape index (κ3) is 5.07. The van der Waals surface area contributed by atoms with Crippen molar-refractivity contribution in [3.05, 3.63) is 41.6 Å². The Bertz CT molecular complexity index is 956. The summed E-state index contributed by atoms with van der Waals surface area (Å²) >= 11 is 0. The number of fused-ring (bicyclic) bond motifs is 1. The van der Waals surface area contributed by atoms with Crippen molar-refractivity contribution in [2.24, 2.45) is 5.92 Å². The Morgan fingerprint density at radius 2 is 1.88 bits per heavy atom. The molecule has 2 saturated heterocycles. The number of piperazine rings is 1. The molecule has 2 atom stereocenters. The van der Waals surface area contributed by atoms with Crippen LogP contribution >= 0.6 is 0 Å². The molecule has 5 nitrogen and oxygen atoms in total. The minimum atomic E-state index is -4.45. The average Bonchev–Trinajstić information content (AvgIpc) is 2.76. The maximum atomic E-state index is 13.5. The van der Waals surface area contributed by atoms with Crippen molar-refractivity contribution < 1.29 is 18.0 Å². The lowest BCUT2D eigenvalue weighted by Gasteiger charge is -2.38. The van der Waals surface area contributed by atoms with Crippen molar-refractivity contribution >= 4 is 16.8 Å². The van der Waals surface area contributed by atoms with Crippen LogP contribution in [-0.4, -0.2) is 78.5 Å². The number of pyridine rings is 1. The Labute approximate surface area is 187 Å². The van der Waals surface area contributed by atoms with Crippen LogP contribution in [0.3, 0.4) is 0 Å². The highest BCUT2D eigenvalue weighted by atomic mass is 19.4. The minimum Gasteiger partial charge on any atom is -0.342 e. The first-order chi connectivity index (χ1) is 15.2. The molecule has 2 aliphatic rings. The van der Waals surface area contributed by atoms with E-state index in [4.69, 9.17) is 0 Å². The van der Waals surface area contributed by atoms with Crippen molar-refractivity contribution in [3.8, 4) is 0 Å². The molecule has 4 rings (SSSR count). The summed E-state index contributed by atoms with van der Waals surface area (Å²) in [4.78, 5) is 23.6. The van der Waals surface area contributed by atoms with Gasteiger partial charge in [-0.05, 0) is 37.1 Å². The molecule has 1 amide bonds. The van der Waals surface area contributed by atoms with E-state index in [-0.39, 0.29) is 23.3 Å². The van der Waals surface area contributed by atoms with Crippen molar-refractivity contribution in [2.75, 3.05) is 52.9 Å². The highest BCUT2D eigenvalue weighted by molar-refractivity contribution is 5.86. The van der Waals surface area contributed by atoms with Crippen molar-refractivity contribution in [2.45, 2.75) is 31.9 Å². The minimum absolute atomic E-state index is 0.000296. The van der Waals surface area contributed by atoms with Gasteiger partial charge in [-0.1, -0.05) is 19.1 Å². The molecule has 0 saturated carbocycles. The van der Waals surface area contributed by atoms with E-state index in [1.807, 2.05) is 4.90 Å². The Morgan fingerprint density at radius 3 is 2.59 bits per heavy atom. The largest absolute Gasteiger partial charge is 0.418 e. The predicted molar refractivity (Wildman–Crippen MR) is 118 cm³/mol. The molecule has 2 fully saturated rings. The molecule has 1 unspecified atom stereocenters. The summed E-state index contributed by atoms with van der Waals surface area (Å²) in [6.07, 6.45) is -1.72. The van der Waals surface area contributed by atoms with Crippen LogP contribution in [-0.2, 0) is 11.0 Å². The van der Waals surface area contributed by atoms with E-state index in [0.29, 0.717) is 24.9 Å². The molecule has 0 N–H and O–H groups in total. The molecule has 1 aromatic heterocycles. The third-order valence-electron chi connectivity index (χ3n) is 6.80. The first kappa shape index (κ1) is 23.0. The first-order valence-corrected chi connectivity index (χ1v) is 11.4. The van der Waals surface area contributed by atoms with Gasteiger partial charge in [0.15, 0.2) is 0 Å². The molecule has 1 aromatic carbocycles. The van der Waals surface area contributed by atoms with Crippen LogP contribution in [0.15, 0.2) is 30.5 Å². The number of amides is 1. The molecule has 32 heavy (non-hydrogen) atoms. The van der Waals surface area contributed by atoms with Gasteiger partial charge in [-0.15, -0.1) is 0 Å². The standard InChI is InChI=1S/C24H31F3N4O/c1-17-14-18(16-31(15-17)22(32)7-9-30-12-10-29(2)11-13-30)19-5-6-21(24(25,26)27)23-20(19)4-3-8-28-23/h3-6,8,17-18H,7,9-16H2,1-2H3/t17?,18-/m0/s1. The lowest BCUT2D eigenvalue weighted by atomic mass is 9.83. The number of nitrogens with zero attached hydrogens (tertiary/aromatic N) is 4. The van der Waals surface area contributed by atoms with E-state index in [9.17, 15) is 18.0 Å². The van der Waals surface area contributed by atoms with Gasteiger partial charge in [-0.25, -0.2) is 0 Å². The normalized spacial score (nSPS) is 23.6. The van der Waals surface area contributed by atoms with Gasteiger partial charge in [0.2, 0.25) is 5.91 Å². The van der Waals surface area contributed by atoms with Gasteiger partial charge in [0.1, 0.15) is 0 Å². The fourth-order valence-corrected chi connectivity index (χ4v) is 5.04. The number of aromatic nitrogens is 1. The highest BCUT2D eigenvalue weighted by Crippen LogP contribution is 2.39. The zero-order chi connectivity index (χ0) is 22.9. The Hall–Kier alpha value is -2.19.